The fraction of sp³-hybridized carbons (Fsp3) is 0.278. The van der Waals surface area contributed by atoms with Gasteiger partial charge in [-0.05, 0) is 36.3 Å². The van der Waals surface area contributed by atoms with Gasteiger partial charge in [0.1, 0.15) is 0 Å². The Balaban J connectivity index is 1.75. The molecule has 0 unspecified atom stereocenters. The van der Waals surface area contributed by atoms with E-state index >= 15 is 0 Å². The molecule has 1 N–H and O–H groups in total. The van der Waals surface area contributed by atoms with Gasteiger partial charge < -0.3 is 9.73 Å². The van der Waals surface area contributed by atoms with Gasteiger partial charge in [-0.3, -0.25) is 0 Å². The zero-order valence-corrected chi connectivity index (χ0v) is 12.3. The van der Waals surface area contributed by atoms with Crippen LogP contribution in [0.5, 0.6) is 0 Å². The van der Waals surface area contributed by atoms with Crippen LogP contribution in [0, 0.1) is 0 Å². The Morgan fingerprint density at radius 1 is 1.10 bits per heavy atom. The zero-order chi connectivity index (χ0) is 14.5. The highest BCUT2D eigenvalue weighted by atomic mass is 16.4. The maximum Gasteiger partial charge on any atom is 0.194 e. The second-order valence-electron chi connectivity index (χ2n) is 5.14. The topological polar surface area (TPSA) is 38.1 Å². The number of aromatic nitrogens is 1. The maximum absolute atomic E-state index is 5.86. The van der Waals surface area contributed by atoms with Gasteiger partial charge in [0, 0.05) is 12.0 Å². The number of hydrogen-bond donors (Lipinski definition) is 1. The Hall–Kier alpha value is -2.13. The molecule has 0 aliphatic heterocycles. The number of hydrogen-bond acceptors (Lipinski definition) is 3. The molecular weight excluding hydrogens is 260 g/mol. The van der Waals surface area contributed by atoms with Gasteiger partial charge in [-0.1, -0.05) is 43.3 Å². The predicted molar refractivity (Wildman–Crippen MR) is 86.3 cm³/mol. The number of fused-ring (bicyclic) bond motifs is 1. The van der Waals surface area contributed by atoms with Crippen molar-refractivity contribution in [2.45, 2.75) is 19.8 Å². The minimum Gasteiger partial charge on any atom is -0.441 e. The summed E-state index contributed by atoms with van der Waals surface area (Å²) in [5.74, 6) is 1.66. The molecule has 0 fully saturated rings. The number of nitrogens with one attached hydrogen (secondary N) is 1. The molecule has 3 rings (SSSR count). The Labute approximate surface area is 125 Å². The van der Waals surface area contributed by atoms with Crippen LogP contribution in [0.4, 0.5) is 0 Å². The minimum absolute atomic E-state index is 0.816. The first-order chi connectivity index (χ1) is 10.4. The van der Waals surface area contributed by atoms with Crippen molar-refractivity contribution < 1.29 is 4.42 Å². The van der Waals surface area contributed by atoms with Crippen molar-refractivity contribution in [3.8, 4) is 11.3 Å². The average Bonchev–Trinajstić information content (AvgIpc) is 3.00. The third-order valence-corrected chi connectivity index (χ3v) is 3.58. The molecule has 0 spiro atoms. The lowest BCUT2D eigenvalue weighted by Gasteiger charge is -2.01. The van der Waals surface area contributed by atoms with Crippen molar-refractivity contribution in [1.29, 1.82) is 0 Å². The van der Waals surface area contributed by atoms with E-state index in [1.807, 2.05) is 6.20 Å². The van der Waals surface area contributed by atoms with E-state index in [1.54, 1.807) is 0 Å². The van der Waals surface area contributed by atoms with E-state index in [0.29, 0.717) is 0 Å². The van der Waals surface area contributed by atoms with E-state index in [0.717, 1.165) is 43.1 Å². The number of benzene rings is 2. The Morgan fingerprint density at radius 3 is 2.81 bits per heavy atom. The highest BCUT2D eigenvalue weighted by Crippen LogP contribution is 2.25. The van der Waals surface area contributed by atoms with Gasteiger partial charge in [-0.15, -0.1) is 0 Å². The van der Waals surface area contributed by atoms with Crippen molar-refractivity contribution in [1.82, 2.24) is 10.3 Å². The van der Waals surface area contributed by atoms with E-state index in [4.69, 9.17) is 4.42 Å². The van der Waals surface area contributed by atoms with Crippen LogP contribution in [0.2, 0.25) is 0 Å². The molecular formula is C18H20N2O. The van der Waals surface area contributed by atoms with Crippen LogP contribution in [-0.2, 0) is 6.42 Å². The largest absolute Gasteiger partial charge is 0.441 e. The summed E-state index contributed by atoms with van der Waals surface area (Å²) in [6.45, 7) is 4.13. The summed E-state index contributed by atoms with van der Waals surface area (Å²) in [6, 6.07) is 14.7. The molecule has 1 aromatic heterocycles. The summed E-state index contributed by atoms with van der Waals surface area (Å²) in [4.78, 5) is 4.38. The van der Waals surface area contributed by atoms with Crippen molar-refractivity contribution in [2.75, 3.05) is 13.1 Å². The first-order valence-corrected chi connectivity index (χ1v) is 7.51. The molecule has 0 saturated carbocycles. The Kier molecular flexibility index (Phi) is 4.31. The molecule has 0 radical (unpaired) electrons. The first kappa shape index (κ1) is 13.8. The van der Waals surface area contributed by atoms with E-state index in [-0.39, 0.29) is 0 Å². The van der Waals surface area contributed by atoms with Crippen LogP contribution in [0.3, 0.4) is 0 Å². The number of nitrogens with zero attached hydrogens (tertiary/aromatic N) is 1. The van der Waals surface area contributed by atoms with E-state index < -0.39 is 0 Å². The molecule has 21 heavy (non-hydrogen) atoms. The number of oxazole rings is 1. The van der Waals surface area contributed by atoms with Crippen LogP contribution in [0.15, 0.2) is 53.1 Å². The molecule has 0 saturated heterocycles. The van der Waals surface area contributed by atoms with E-state index in [1.165, 1.54) is 10.8 Å². The fourth-order valence-electron chi connectivity index (χ4n) is 2.44. The molecule has 2 aromatic carbocycles. The van der Waals surface area contributed by atoms with Crippen LogP contribution in [-0.4, -0.2) is 18.1 Å². The molecule has 0 aliphatic carbocycles. The maximum atomic E-state index is 5.86. The highest BCUT2D eigenvalue weighted by molar-refractivity contribution is 5.86. The number of rotatable bonds is 6. The van der Waals surface area contributed by atoms with Crippen molar-refractivity contribution in [3.05, 3.63) is 54.6 Å². The Bertz CT molecular complexity index is 718. The second-order valence-corrected chi connectivity index (χ2v) is 5.14. The molecule has 1 heterocycles. The SMILES string of the molecule is CCNCCCc1ncc(-c2ccc3ccccc3c2)o1. The van der Waals surface area contributed by atoms with Gasteiger partial charge in [0.05, 0.1) is 6.20 Å². The zero-order valence-electron chi connectivity index (χ0n) is 12.3. The summed E-state index contributed by atoms with van der Waals surface area (Å²) in [5, 5.41) is 5.77. The lowest BCUT2D eigenvalue weighted by molar-refractivity contribution is 0.493. The van der Waals surface area contributed by atoms with E-state index in [2.05, 4.69) is 59.7 Å². The quantitative estimate of drug-likeness (QED) is 0.693. The van der Waals surface area contributed by atoms with E-state index in [9.17, 15) is 0 Å². The van der Waals surface area contributed by atoms with Crippen LogP contribution >= 0.6 is 0 Å². The highest BCUT2D eigenvalue weighted by Gasteiger charge is 2.07. The molecule has 0 amide bonds. The fourth-order valence-corrected chi connectivity index (χ4v) is 2.44. The van der Waals surface area contributed by atoms with Gasteiger partial charge in [-0.2, -0.15) is 0 Å². The summed E-state index contributed by atoms with van der Waals surface area (Å²) in [7, 11) is 0. The van der Waals surface area contributed by atoms with Gasteiger partial charge in [0.25, 0.3) is 0 Å². The summed E-state index contributed by atoms with van der Waals surface area (Å²) >= 11 is 0. The molecule has 108 valence electrons. The smallest absolute Gasteiger partial charge is 0.194 e. The molecule has 3 heteroatoms. The summed E-state index contributed by atoms with van der Waals surface area (Å²) < 4.78 is 5.86. The van der Waals surface area contributed by atoms with Crippen LogP contribution < -0.4 is 5.32 Å². The van der Waals surface area contributed by atoms with Gasteiger partial charge in [-0.25, -0.2) is 4.98 Å². The average molecular weight is 280 g/mol. The third-order valence-electron chi connectivity index (χ3n) is 3.58. The lowest BCUT2D eigenvalue weighted by Crippen LogP contribution is -2.14. The van der Waals surface area contributed by atoms with Crippen molar-refractivity contribution in [3.63, 3.8) is 0 Å². The van der Waals surface area contributed by atoms with Gasteiger partial charge in [0.2, 0.25) is 0 Å². The van der Waals surface area contributed by atoms with Crippen LogP contribution in [0.25, 0.3) is 22.1 Å². The molecule has 0 bridgehead atoms. The Morgan fingerprint density at radius 2 is 1.95 bits per heavy atom. The third kappa shape index (κ3) is 3.31. The molecule has 3 aromatic rings. The molecule has 0 aliphatic rings. The minimum atomic E-state index is 0.816. The second kappa shape index (κ2) is 6.55. The number of aryl methyl sites for hydroxylation is 1. The normalized spacial score (nSPS) is 11.1. The summed E-state index contributed by atoms with van der Waals surface area (Å²) in [6.07, 6.45) is 3.75. The summed E-state index contributed by atoms with van der Waals surface area (Å²) in [5.41, 5.74) is 1.08. The van der Waals surface area contributed by atoms with Crippen molar-refractivity contribution in [2.24, 2.45) is 0 Å². The predicted octanol–water partition coefficient (Wildman–Crippen LogP) is 4.04. The molecule has 0 atom stereocenters. The lowest BCUT2D eigenvalue weighted by atomic mass is 10.1. The first-order valence-electron chi connectivity index (χ1n) is 7.51. The van der Waals surface area contributed by atoms with Gasteiger partial charge >= 0.3 is 0 Å². The standard InChI is InChI=1S/C18H20N2O/c1-2-19-11-5-8-18-20-13-17(21-18)16-10-9-14-6-3-4-7-15(14)12-16/h3-4,6-7,9-10,12-13,19H,2,5,8,11H2,1H3. The van der Waals surface area contributed by atoms with Gasteiger partial charge in [0.15, 0.2) is 11.7 Å². The monoisotopic (exact) mass is 280 g/mol. The van der Waals surface area contributed by atoms with Crippen molar-refractivity contribution >= 4 is 10.8 Å². The molecule has 3 nitrogen and oxygen atoms in total. The van der Waals surface area contributed by atoms with Crippen LogP contribution in [0.1, 0.15) is 19.2 Å².